The summed E-state index contributed by atoms with van der Waals surface area (Å²) in [6, 6.07) is 6.96. The predicted octanol–water partition coefficient (Wildman–Crippen LogP) is 2.23. The summed E-state index contributed by atoms with van der Waals surface area (Å²) >= 11 is 0. The summed E-state index contributed by atoms with van der Waals surface area (Å²) < 4.78 is 5.49. The van der Waals surface area contributed by atoms with E-state index < -0.39 is 0 Å². The lowest BCUT2D eigenvalue weighted by Gasteiger charge is -2.21. The molecule has 1 saturated heterocycles. The standard InChI is InChI=1S/C16H19N3O/c1-2-11-4-5-13(8-12(11)3-1)14-9-18-16(19-14)15-10-20-7-6-17-15/h4-5,8-9,15,17H,1-3,6-7,10H2,(H,18,19). The van der Waals surface area contributed by atoms with Gasteiger partial charge in [-0.3, -0.25) is 0 Å². The van der Waals surface area contributed by atoms with Crippen LogP contribution in [0.25, 0.3) is 11.3 Å². The molecule has 0 radical (unpaired) electrons. The van der Waals surface area contributed by atoms with E-state index in [1.165, 1.54) is 36.0 Å². The molecule has 2 heterocycles. The summed E-state index contributed by atoms with van der Waals surface area (Å²) in [4.78, 5) is 7.95. The number of imidazole rings is 1. The first-order chi connectivity index (χ1) is 9.90. The van der Waals surface area contributed by atoms with Gasteiger partial charge in [-0.2, -0.15) is 0 Å². The Balaban J connectivity index is 1.61. The number of rotatable bonds is 2. The molecule has 0 amide bonds. The molecule has 2 aromatic rings. The molecule has 1 aliphatic carbocycles. The van der Waals surface area contributed by atoms with E-state index in [-0.39, 0.29) is 6.04 Å². The minimum atomic E-state index is 0.187. The molecule has 1 atom stereocenters. The lowest BCUT2D eigenvalue weighted by molar-refractivity contribution is 0.0745. The third kappa shape index (κ3) is 2.15. The second kappa shape index (κ2) is 5.04. The van der Waals surface area contributed by atoms with Gasteiger partial charge in [0.05, 0.1) is 31.1 Å². The molecule has 1 unspecified atom stereocenters. The molecule has 1 aliphatic heterocycles. The average Bonchev–Trinajstić information content (AvgIpc) is 3.16. The average molecular weight is 269 g/mol. The van der Waals surface area contributed by atoms with E-state index in [9.17, 15) is 0 Å². The molecular weight excluding hydrogens is 250 g/mol. The number of morpholine rings is 1. The second-order valence-corrected chi connectivity index (χ2v) is 5.60. The van der Waals surface area contributed by atoms with Crippen molar-refractivity contribution in [3.63, 3.8) is 0 Å². The van der Waals surface area contributed by atoms with Gasteiger partial charge in [0, 0.05) is 6.54 Å². The van der Waals surface area contributed by atoms with Gasteiger partial charge in [0.15, 0.2) is 0 Å². The van der Waals surface area contributed by atoms with Gasteiger partial charge in [-0.25, -0.2) is 4.98 Å². The van der Waals surface area contributed by atoms with Gasteiger partial charge in [-0.1, -0.05) is 12.1 Å². The predicted molar refractivity (Wildman–Crippen MR) is 77.6 cm³/mol. The number of H-pyrrole nitrogens is 1. The molecule has 1 aromatic heterocycles. The van der Waals surface area contributed by atoms with Crippen LogP contribution in [0.1, 0.15) is 29.4 Å². The number of hydrogen-bond donors (Lipinski definition) is 2. The maximum absolute atomic E-state index is 5.49. The lowest BCUT2D eigenvalue weighted by atomic mass is 10.0. The number of aromatic nitrogens is 2. The van der Waals surface area contributed by atoms with Crippen LogP contribution in [0.4, 0.5) is 0 Å². The fraction of sp³-hybridized carbons (Fsp3) is 0.438. The molecule has 0 spiro atoms. The van der Waals surface area contributed by atoms with Crippen molar-refractivity contribution in [2.45, 2.75) is 25.3 Å². The first-order valence-corrected chi connectivity index (χ1v) is 7.38. The fourth-order valence-corrected chi connectivity index (χ4v) is 3.14. The summed E-state index contributed by atoms with van der Waals surface area (Å²) in [6.45, 7) is 2.37. The van der Waals surface area contributed by atoms with Crippen LogP contribution in [-0.2, 0) is 17.6 Å². The Hall–Kier alpha value is -1.65. The summed E-state index contributed by atoms with van der Waals surface area (Å²) in [7, 11) is 0. The van der Waals surface area contributed by atoms with E-state index in [1.54, 1.807) is 0 Å². The first kappa shape index (κ1) is 12.1. The minimum absolute atomic E-state index is 0.187. The summed E-state index contributed by atoms with van der Waals surface area (Å²) in [6.07, 6.45) is 5.66. The quantitative estimate of drug-likeness (QED) is 0.879. The monoisotopic (exact) mass is 269 g/mol. The molecular formula is C16H19N3O. The Kier molecular flexibility index (Phi) is 3.05. The van der Waals surface area contributed by atoms with E-state index in [2.05, 4.69) is 33.5 Å². The van der Waals surface area contributed by atoms with Crippen LogP contribution in [0.5, 0.6) is 0 Å². The topological polar surface area (TPSA) is 49.9 Å². The van der Waals surface area contributed by atoms with Crippen molar-refractivity contribution < 1.29 is 4.74 Å². The Bertz CT molecular complexity index is 614. The number of fused-ring (bicyclic) bond motifs is 1. The summed E-state index contributed by atoms with van der Waals surface area (Å²) in [5, 5.41) is 3.42. The molecule has 1 aromatic carbocycles. The molecule has 0 bridgehead atoms. The van der Waals surface area contributed by atoms with Crippen molar-refractivity contribution >= 4 is 0 Å². The highest BCUT2D eigenvalue weighted by atomic mass is 16.5. The maximum Gasteiger partial charge on any atom is 0.126 e. The summed E-state index contributed by atoms with van der Waals surface area (Å²) in [5.74, 6) is 0.972. The van der Waals surface area contributed by atoms with Crippen LogP contribution in [0, 0.1) is 0 Å². The van der Waals surface area contributed by atoms with Crippen LogP contribution < -0.4 is 5.32 Å². The smallest absolute Gasteiger partial charge is 0.126 e. The SMILES string of the molecule is c1cc2c(cc1-c1cnc(C3COCCN3)[nH]1)CCC2. The first-order valence-electron chi connectivity index (χ1n) is 7.38. The van der Waals surface area contributed by atoms with Gasteiger partial charge in [0.25, 0.3) is 0 Å². The van der Waals surface area contributed by atoms with Crippen molar-refractivity contribution in [2.24, 2.45) is 0 Å². The van der Waals surface area contributed by atoms with Crippen molar-refractivity contribution in [2.75, 3.05) is 19.8 Å². The molecule has 4 nitrogen and oxygen atoms in total. The number of nitrogens with one attached hydrogen (secondary N) is 2. The van der Waals surface area contributed by atoms with Crippen molar-refractivity contribution in [1.29, 1.82) is 0 Å². The highest BCUT2D eigenvalue weighted by molar-refractivity contribution is 5.61. The second-order valence-electron chi connectivity index (χ2n) is 5.60. The van der Waals surface area contributed by atoms with E-state index >= 15 is 0 Å². The Morgan fingerprint density at radius 2 is 2.15 bits per heavy atom. The maximum atomic E-state index is 5.49. The Labute approximate surface area is 118 Å². The van der Waals surface area contributed by atoms with E-state index in [0.29, 0.717) is 6.61 Å². The van der Waals surface area contributed by atoms with E-state index in [4.69, 9.17) is 4.74 Å². The van der Waals surface area contributed by atoms with Gasteiger partial charge < -0.3 is 15.0 Å². The molecule has 2 aliphatic rings. The van der Waals surface area contributed by atoms with Gasteiger partial charge in [0.2, 0.25) is 0 Å². The summed E-state index contributed by atoms with van der Waals surface area (Å²) in [5.41, 5.74) is 5.34. The highest BCUT2D eigenvalue weighted by Crippen LogP contribution is 2.27. The van der Waals surface area contributed by atoms with Crippen molar-refractivity contribution in [3.05, 3.63) is 41.3 Å². The third-order valence-corrected chi connectivity index (χ3v) is 4.26. The number of benzene rings is 1. The molecule has 1 fully saturated rings. The number of aromatic amines is 1. The van der Waals surface area contributed by atoms with Crippen LogP contribution in [0.3, 0.4) is 0 Å². The van der Waals surface area contributed by atoms with Crippen molar-refractivity contribution in [1.82, 2.24) is 15.3 Å². The van der Waals surface area contributed by atoms with Gasteiger partial charge >= 0.3 is 0 Å². The van der Waals surface area contributed by atoms with Crippen LogP contribution in [0.15, 0.2) is 24.4 Å². The van der Waals surface area contributed by atoms with Gasteiger partial charge in [0.1, 0.15) is 5.82 Å². The highest BCUT2D eigenvalue weighted by Gasteiger charge is 2.19. The number of hydrogen-bond acceptors (Lipinski definition) is 3. The zero-order chi connectivity index (χ0) is 13.4. The molecule has 4 rings (SSSR count). The van der Waals surface area contributed by atoms with Crippen LogP contribution >= 0.6 is 0 Å². The van der Waals surface area contributed by atoms with Crippen LogP contribution in [-0.4, -0.2) is 29.7 Å². The number of ether oxygens (including phenoxy) is 1. The fourth-order valence-electron chi connectivity index (χ4n) is 3.14. The number of aryl methyl sites for hydroxylation is 2. The van der Waals surface area contributed by atoms with Crippen LogP contribution in [0.2, 0.25) is 0 Å². The van der Waals surface area contributed by atoms with Gasteiger partial charge in [-0.15, -0.1) is 0 Å². The molecule has 4 heteroatoms. The lowest BCUT2D eigenvalue weighted by Crippen LogP contribution is -2.35. The largest absolute Gasteiger partial charge is 0.378 e. The molecule has 20 heavy (non-hydrogen) atoms. The Morgan fingerprint density at radius 1 is 1.20 bits per heavy atom. The minimum Gasteiger partial charge on any atom is -0.378 e. The zero-order valence-electron chi connectivity index (χ0n) is 11.5. The normalized spacial score (nSPS) is 21.9. The molecule has 0 saturated carbocycles. The molecule has 2 N–H and O–H groups in total. The molecule has 104 valence electrons. The third-order valence-electron chi connectivity index (χ3n) is 4.26. The van der Waals surface area contributed by atoms with Crippen molar-refractivity contribution in [3.8, 4) is 11.3 Å². The Morgan fingerprint density at radius 3 is 3.05 bits per heavy atom. The zero-order valence-corrected chi connectivity index (χ0v) is 11.5. The van der Waals surface area contributed by atoms with E-state index in [0.717, 1.165) is 24.7 Å². The van der Waals surface area contributed by atoms with E-state index in [1.807, 2.05) is 6.20 Å². The number of nitrogens with zero attached hydrogens (tertiary/aromatic N) is 1. The van der Waals surface area contributed by atoms with Gasteiger partial charge in [-0.05, 0) is 42.0 Å².